The molecule has 1 aliphatic rings. The van der Waals surface area contributed by atoms with E-state index in [1.54, 1.807) is 0 Å². The van der Waals surface area contributed by atoms with Gasteiger partial charge in [0.1, 0.15) is 0 Å². The molecule has 1 heterocycles. The number of hydrogen-bond donors (Lipinski definition) is 1. The molecular weight excluding hydrogens is 232 g/mol. The lowest BCUT2D eigenvalue weighted by atomic mass is 9.90. The van der Waals surface area contributed by atoms with Crippen molar-refractivity contribution in [1.82, 2.24) is 0 Å². The molecule has 17 heavy (non-hydrogen) atoms. The molecule has 3 heteroatoms. The van der Waals surface area contributed by atoms with Gasteiger partial charge in [-0.05, 0) is 50.8 Å². The highest BCUT2D eigenvalue weighted by Crippen LogP contribution is 2.33. The van der Waals surface area contributed by atoms with Crippen LogP contribution in [-0.4, -0.2) is 18.6 Å². The number of benzene rings is 1. The number of anilines is 1. The Hall–Kier alpha value is -0.730. The summed E-state index contributed by atoms with van der Waals surface area (Å²) in [6, 6.07) is 4.23. The molecule has 0 atom stereocenters. The van der Waals surface area contributed by atoms with Crippen molar-refractivity contribution in [3.8, 4) is 0 Å². The van der Waals surface area contributed by atoms with Gasteiger partial charge in [-0.3, -0.25) is 0 Å². The molecule has 2 rings (SSSR count). The average Bonchev–Trinajstić information content (AvgIpc) is 2.19. The lowest BCUT2D eigenvalue weighted by Crippen LogP contribution is -2.48. The Bertz CT molecular complexity index is 393. The maximum atomic E-state index is 6.37. The highest BCUT2D eigenvalue weighted by Gasteiger charge is 2.27. The van der Waals surface area contributed by atoms with E-state index in [4.69, 9.17) is 17.3 Å². The van der Waals surface area contributed by atoms with Crippen molar-refractivity contribution in [2.45, 2.75) is 39.2 Å². The van der Waals surface area contributed by atoms with Crippen LogP contribution in [0, 0.1) is 13.8 Å². The maximum absolute atomic E-state index is 6.37. The predicted octanol–water partition coefficient (Wildman–Crippen LogP) is 3.27. The molecule has 0 saturated carbocycles. The van der Waals surface area contributed by atoms with Gasteiger partial charge in [0.2, 0.25) is 0 Å². The first-order chi connectivity index (χ1) is 7.89. The molecule has 1 aliphatic heterocycles. The van der Waals surface area contributed by atoms with Crippen molar-refractivity contribution in [2.24, 2.45) is 5.73 Å². The second-order valence-electron chi connectivity index (χ2n) is 5.55. The Kier molecular flexibility index (Phi) is 3.37. The van der Waals surface area contributed by atoms with Gasteiger partial charge in [-0.25, -0.2) is 0 Å². The topological polar surface area (TPSA) is 29.3 Å². The van der Waals surface area contributed by atoms with Crippen molar-refractivity contribution >= 4 is 17.3 Å². The molecule has 2 N–H and O–H groups in total. The molecule has 0 aliphatic carbocycles. The van der Waals surface area contributed by atoms with Crippen LogP contribution in [0.25, 0.3) is 0 Å². The molecule has 0 bridgehead atoms. The van der Waals surface area contributed by atoms with Crippen LogP contribution in [-0.2, 0) is 0 Å². The van der Waals surface area contributed by atoms with Gasteiger partial charge in [-0.15, -0.1) is 0 Å². The molecule has 0 amide bonds. The number of hydrogen-bond acceptors (Lipinski definition) is 2. The molecule has 0 spiro atoms. The van der Waals surface area contributed by atoms with Crippen molar-refractivity contribution in [2.75, 3.05) is 18.0 Å². The van der Waals surface area contributed by atoms with Crippen LogP contribution in [0.2, 0.25) is 5.02 Å². The molecule has 0 unspecified atom stereocenters. The van der Waals surface area contributed by atoms with Crippen LogP contribution in [0.15, 0.2) is 12.1 Å². The number of halogens is 1. The van der Waals surface area contributed by atoms with Crippen LogP contribution >= 0.6 is 11.6 Å². The van der Waals surface area contributed by atoms with Gasteiger partial charge < -0.3 is 10.6 Å². The number of nitrogens with zero attached hydrogens (tertiary/aromatic N) is 1. The van der Waals surface area contributed by atoms with Crippen LogP contribution in [0.1, 0.15) is 30.9 Å². The zero-order chi connectivity index (χ0) is 12.6. The van der Waals surface area contributed by atoms with E-state index < -0.39 is 0 Å². The van der Waals surface area contributed by atoms with E-state index in [1.807, 2.05) is 6.07 Å². The number of nitrogens with two attached hydrogens (primary N) is 1. The van der Waals surface area contributed by atoms with Gasteiger partial charge in [0.25, 0.3) is 0 Å². The summed E-state index contributed by atoms with van der Waals surface area (Å²) in [5, 5.41) is 0.864. The summed E-state index contributed by atoms with van der Waals surface area (Å²) in [5.41, 5.74) is 9.81. The minimum absolute atomic E-state index is 0.0123. The Morgan fingerprint density at radius 3 is 2.35 bits per heavy atom. The fourth-order valence-corrected chi connectivity index (χ4v) is 2.99. The van der Waals surface area contributed by atoms with E-state index in [1.165, 1.54) is 16.8 Å². The molecule has 1 saturated heterocycles. The lowest BCUT2D eigenvalue weighted by molar-refractivity contribution is 0.364. The van der Waals surface area contributed by atoms with Crippen molar-refractivity contribution in [3.05, 3.63) is 28.3 Å². The molecule has 94 valence electrons. The van der Waals surface area contributed by atoms with Crippen LogP contribution in [0.5, 0.6) is 0 Å². The molecule has 2 nitrogen and oxygen atoms in total. The first-order valence-corrected chi connectivity index (χ1v) is 6.57. The minimum atomic E-state index is -0.0123. The van der Waals surface area contributed by atoms with Crippen LogP contribution in [0.4, 0.5) is 5.69 Å². The first-order valence-electron chi connectivity index (χ1n) is 6.20. The normalized spacial score (nSPS) is 19.5. The molecule has 1 fully saturated rings. The van der Waals surface area contributed by atoms with Crippen LogP contribution in [0.3, 0.4) is 0 Å². The number of rotatable bonds is 1. The summed E-state index contributed by atoms with van der Waals surface area (Å²) in [6.45, 7) is 8.33. The average molecular weight is 253 g/mol. The molecule has 0 aromatic heterocycles. The Balaban J connectivity index is 2.24. The fourth-order valence-electron chi connectivity index (χ4n) is 2.55. The second kappa shape index (κ2) is 4.51. The van der Waals surface area contributed by atoms with E-state index in [0.717, 1.165) is 31.0 Å². The van der Waals surface area contributed by atoms with E-state index in [2.05, 4.69) is 31.7 Å². The highest BCUT2D eigenvalue weighted by atomic mass is 35.5. The third-order valence-corrected chi connectivity index (χ3v) is 3.91. The van der Waals surface area contributed by atoms with E-state index in [0.29, 0.717) is 0 Å². The summed E-state index contributed by atoms with van der Waals surface area (Å²) in [4.78, 5) is 2.37. The third-order valence-electron chi connectivity index (χ3n) is 3.62. The van der Waals surface area contributed by atoms with Gasteiger partial charge in [0.05, 0.1) is 10.7 Å². The van der Waals surface area contributed by atoms with Gasteiger partial charge in [0.15, 0.2) is 0 Å². The fraction of sp³-hybridized carbons (Fsp3) is 0.571. The van der Waals surface area contributed by atoms with Crippen LogP contribution < -0.4 is 10.6 Å². The summed E-state index contributed by atoms with van der Waals surface area (Å²) >= 11 is 6.37. The highest BCUT2D eigenvalue weighted by molar-refractivity contribution is 6.33. The quantitative estimate of drug-likeness (QED) is 0.831. The first kappa shape index (κ1) is 12.7. The SMILES string of the molecule is Cc1cc(C)c(N2CCC(C)(N)CC2)c(Cl)c1. The van der Waals surface area contributed by atoms with Crippen molar-refractivity contribution < 1.29 is 0 Å². The molecule has 1 aromatic carbocycles. The van der Waals surface area contributed by atoms with Gasteiger partial charge in [-0.2, -0.15) is 0 Å². The molecule has 1 aromatic rings. The molecular formula is C14H21ClN2. The third kappa shape index (κ3) is 2.75. The molecule has 0 radical (unpaired) electrons. The van der Waals surface area contributed by atoms with Crippen molar-refractivity contribution in [1.29, 1.82) is 0 Å². The summed E-state index contributed by atoms with van der Waals surface area (Å²) < 4.78 is 0. The zero-order valence-electron chi connectivity index (χ0n) is 10.9. The number of piperidine rings is 1. The lowest BCUT2D eigenvalue weighted by Gasteiger charge is -2.39. The Morgan fingerprint density at radius 2 is 1.82 bits per heavy atom. The van der Waals surface area contributed by atoms with Gasteiger partial charge in [-0.1, -0.05) is 17.7 Å². The largest absolute Gasteiger partial charge is 0.370 e. The Morgan fingerprint density at radius 1 is 1.24 bits per heavy atom. The summed E-state index contributed by atoms with van der Waals surface area (Å²) in [6.07, 6.45) is 2.05. The van der Waals surface area contributed by atoms with E-state index in [-0.39, 0.29) is 5.54 Å². The summed E-state index contributed by atoms with van der Waals surface area (Å²) in [7, 11) is 0. The van der Waals surface area contributed by atoms with Crippen molar-refractivity contribution in [3.63, 3.8) is 0 Å². The predicted molar refractivity (Wildman–Crippen MR) is 75.0 cm³/mol. The van der Waals surface area contributed by atoms with E-state index >= 15 is 0 Å². The maximum Gasteiger partial charge on any atom is 0.0644 e. The Labute approximate surface area is 109 Å². The standard InChI is InChI=1S/C14H21ClN2/c1-10-8-11(2)13(12(15)9-10)17-6-4-14(3,16)5-7-17/h8-9H,4-7,16H2,1-3H3. The van der Waals surface area contributed by atoms with Gasteiger partial charge in [0, 0.05) is 18.6 Å². The summed E-state index contributed by atoms with van der Waals surface area (Å²) in [5.74, 6) is 0. The zero-order valence-corrected chi connectivity index (χ0v) is 11.6. The smallest absolute Gasteiger partial charge is 0.0644 e. The minimum Gasteiger partial charge on any atom is -0.370 e. The monoisotopic (exact) mass is 252 g/mol. The van der Waals surface area contributed by atoms with Gasteiger partial charge >= 0.3 is 0 Å². The second-order valence-corrected chi connectivity index (χ2v) is 5.96. The number of aryl methyl sites for hydroxylation is 2. The van der Waals surface area contributed by atoms with E-state index in [9.17, 15) is 0 Å².